The van der Waals surface area contributed by atoms with E-state index in [0.29, 0.717) is 0 Å². The van der Waals surface area contributed by atoms with E-state index in [9.17, 15) is 0 Å². The molecule has 10 heavy (non-hydrogen) atoms. The molecule has 0 radical (unpaired) electrons. The van der Waals surface area contributed by atoms with Crippen LogP contribution in [0.5, 0.6) is 0 Å². The zero-order valence-corrected chi connectivity index (χ0v) is 12.9. The molecule has 0 aromatic heterocycles. The van der Waals surface area contributed by atoms with E-state index in [1.807, 2.05) is 0 Å². The molecule has 0 heterocycles. The quantitative estimate of drug-likeness (QED) is 0.515. The molecule has 0 saturated heterocycles. The third kappa shape index (κ3) is 16.1. The molecule has 0 aromatic rings. The van der Waals surface area contributed by atoms with Gasteiger partial charge in [-0.15, -0.1) is 24.8 Å². The zero-order chi connectivity index (χ0) is 6.24. The third-order valence-corrected chi connectivity index (χ3v) is 2.94. The van der Waals surface area contributed by atoms with Gasteiger partial charge in [0.2, 0.25) is 0 Å². The number of halogens is 2. The summed E-state index contributed by atoms with van der Waals surface area (Å²) in [5.41, 5.74) is 0. The van der Waals surface area contributed by atoms with Crippen LogP contribution in [0.3, 0.4) is 0 Å². The van der Waals surface area contributed by atoms with Crippen molar-refractivity contribution >= 4 is 43.4 Å². The molecule has 64 valence electrons. The van der Waals surface area contributed by atoms with Crippen LogP contribution in [0.2, 0.25) is 4.98 Å². The van der Waals surface area contributed by atoms with E-state index in [2.05, 4.69) is 6.92 Å². The maximum atomic E-state index is 2.27. The first kappa shape index (κ1) is 17.3. The van der Waals surface area contributed by atoms with E-state index in [1.165, 1.54) is 32.1 Å². The van der Waals surface area contributed by atoms with Crippen molar-refractivity contribution in [3.63, 3.8) is 0 Å². The van der Waals surface area contributed by atoms with Gasteiger partial charge in [-0.25, -0.2) is 0 Å². The Morgan fingerprint density at radius 3 is 1.80 bits per heavy atom. The van der Waals surface area contributed by atoms with Gasteiger partial charge in [0.1, 0.15) is 0 Å². The van der Waals surface area contributed by atoms with Gasteiger partial charge in [-0.1, -0.05) is 0 Å². The summed E-state index contributed by atoms with van der Waals surface area (Å²) >= 11 is 1.11. The van der Waals surface area contributed by atoms with Crippen LogP contribution in [-0.4, -0.2) is 18.6 Å². The van der Waals surface area contributed by atoms with Gasteiger partial charge >= 0.3 is 62.6 Å². The van der Waals surface area contributed by atoms with E-state index < -0.39 is 0 Å². The van der Waals surface area contributed by atoms with Crippen molar-refractivity contribution in [3.8, 4) is 0 Å². The average molecular weight is 244 g/mol. The molecule has 0 nitrogen and oxygen atoms in total. The van der Waals surface area contributed by atoms with Crippen molar-refractivity contribution in [2.75, 3.05) is 0 Å². The first-order valence-corrected chi connectivity index (χ1v) is 6.88. The minimum atomic E-state index is 0. The molecule has 0 aliphatic carbocycles. The van der Waals surface area contributed by atoms with Crippen molar-refractivity contribution < 1.29 is 0 Å². The Morgan fingerprint density at radius 2 is 1.40 bits per heavy atom. The monoisotopic (exact) mass is 242 g/mol. The molecule has 0 saturated carbocycles. The number of rotatable bonds is 5. The molecule has 0 spiro atoms. The van der Waals surface area contributed by atoms with Gasteiger partial charge in [-0.05, 0) is 0 Å². The Labute approximate surface area is 87.3 Å². The van der Waals surface area contributed by atoms with Crippen molar-refractivity contribution in [2.45, 2.75) is 44.0 Å². The topological polar surface area (TPSA) is 0 Å². The van der Waals surface area contributed by atoms with Crippen LogP contribution in [0, 0.1) is 0 Å². The van der Waals surface area contributed by atoms with Crippen LogP contribution in [0.4, 0.5) is 0 Å². The summed E-state index contributed by atoms with van der Waals surface area (Å²) in [4.78, 5) is 1.55. The molecule has 0 N–H and O–H groups in total. The van der Waals surface area contributed by atoms with Gasteiger partial charge in [0, 0.05) is 0 Å². The number of hydrogen-bond acceptors (Lipinski definition) is 0. The van der Waals surface area contributed by atoms with Crippen molar-refractivity contribution in [2.24, 2.45) is 0 Å². The number of unbranched alkanes of at least 4 members (excludes halogenated alkanes) is 4. The van der Waals surface area contributed by atoms with Gasteiger partial charge in [0.25, 0.3) is 0 Å². The summed E-state index contributed by atoms with van der Waals surface area (Å²) in [6.07, 6.45) is 7.32. The molecule has 0 fully saturated rings. The summed E-state index contributed by atoms with van der Waals surface area (Å²) < 4.78 is 0. The molecule has 0 rings (SSSR count). The van der Waals surface area contributed by atoms with E-state index in [1.54, 1.807) is 4.98 Å². The van der Waals surface area contributed by atoms with E-state index in [-0.39, 0.29) is 24.8 Å². The smallest absolute Gasteiger partial charge is 0.147 e. The van der Waals surface area contributed by atoms with Crippen molar-refractivity contribution in [1.82, 2.24) is 0 Å². The molecule has 0 atom stereocenters. The van der Waals surface area contributed by atoms with Gasteiger partial charge in [-0.2, -0.15) is 0 Å². The molecular weight excluding hydrogens is 225 g/mol. The van der Waals surface area contributed by atoms with Crippen LogP contribution in [0.15, 0.2) is 0 Å². The molecule has 0 bridgehead atoms. The molecule has 0 unspecified atom stereocenters. The number of hydrogen-bond donors (Lipinski definition) is 0. The molecule has 0 aliphatic rings. The second-order valence-electron chi connectivity index (χ2n) is 2.41. The first-order chi connectivity index (χ1) is 3.91. The van der Waals surface area contributed by atoms with Crippen LogP contribution >= 0.6 is 24.8 Å². The van der Waals surface area contributed by atoms with E-state index in [0.717, 1.165) is 18.6 Å². The second-order valence-corrected chi connectivity index (χ2v) is 4.51. The first-order valence-electron chi connectivity index (χ1n) is 3.91. The van der Waals surface area contributed by atoms with Crippen LogP contribution < -0.4 is 0 Å². The maximum Gasteiger partial charge on any atom is -0.147 e. The van der Waals surface area contributed by atoms with E-state index in [4.69, 9.17) is 0 Å². The van der Waals surface area contributed by atoms with Gasteiger partial charge in [-0.3, -0.25) is 0 Å². The fourth-order valence-electron chi connectivity index (χ4n) is 0.854. The summed E-state index contributed by atoms with van der Waals surface area (Å²) in [7, 11) is 0. The van der Waals surface area contributed by atoms with Crippen LogP contribution in [0.25, 0.3) is 0 Å². The molecule has 0 aromatic carbocycles. The predicted octanol–water partition coefficient (Wildman–Crippen LogP) is 2.85. The van der Waals surface area contributed by atoms with Crippen molar-refractivity contribution in [1.29, 1.82) is 0 Å². The fraction of sp³-hybridized carbons (Fsp3) is 1.00. The molecule has 3 heteroatoms. The third-order valence-electron chi connectivity index (χ3n) is 1.46. The van der Waals surface area contributed by atoms with E-state index >= 15 is 0 Å². The summed E-state index contributed by atoms with van der Waals surface area (Å²) in [6.45, 7) is 2.27. The average Bonchev–Trinajstić information content (AvgIpc) is 1.81. The van der Waals surface area contributed by atoms with Gasteiger partial charge < -0.3 is 0 Å². The van der Waals surface area contributed by atoms with Gasteiger partial charge in [0.05, 0.1) is 0 Å². The summed E-state index contributed by atoms with van der Waals surface area (Å²) in [5.74, 6) is 0. The SMILES string of the molecule is CCCCCC[CH2][GaH2].Cl.Cl. The molecule has 0 amide bonds. The largest absolute Gasteiger partial charge is 0.147 e. The Balaban J connectivity index is -0.000000245. The maximum absolute atomic E-state index is 2.27. The Morgan fingerprint density at radius 1 is 0.900 bits per heavy atom. The minimum Gasteiger partial charge on any atom is -0.147 e. The summed E-state index contributed by atoms with van der Waals surface area (Å²) in [5, 5.41) is 0. The van der Waals surface area contributed by atoms with Gasteiger partial charge in [0.15, 0.2) is 0 Å². The van der Waals surface area contributed by atoms with Crippen molar-refractivity contribution in [3.05, 3.63) is 0 Å². The standard InChI is InChI=1S/C7H15.2ClH.Ga.2H/c1-3-5-7-6-4-2;;;;;/h1,3-7H2,2H3;2*1H;;;. The zero-order valence-electron chi connectivity index (χ0n) is 7.06. The second kappa shape index (κ2) is 16.7. The van der Waals surface area contributed by atoms with Crippen LogP contribution in [0.1, 0.15) is 39.0 Å². The fourth-order valence-corrected chi connectivity index (χ4v) is 1.90. The van der Waals surface area contributed by atoms with Crippen LogP contribution in [-0.2, 0) is 0 Å². The molecule has 0 aliphatic heterocycles. The normalized spacial score (nSPS) is 7.70. The summed E-state index contributed by atoms with van der Waals surface area (Å²) in [6, 6.07) is 0. The Bertz CT molecular complexity index is 36.6. The Kier molecular flexibility index (Phi) is 28.9. The predicted molar refractivity (Wildman–Crippen MR) is 56.6 cm³/mol. The Hall–Kier alpha value is 1.22. The molecular formula is C7H19Cl2Ga. The minimum absolute atomic E-state index is 0.